The fourth-order valence-corrected chi connectivity index (χ4v) is 3.57. The fourth-order valence-electron chi connectivity index (χ4n) is 2.78. The molecule has 26 heavy (non-hydrogen) atoms. The second-order valence-electron chi connectivity index (χ2n) is 5.86. The van der Waals surface area contributed by atoms with Crippen molar-refractivity contribution in [2.75, 3.05) is 25.0 Å². The number of piperidine rings is 1. The molecule has 3 rings (SSSR count). The van der Waals surface area contributed by atoms with E-state index in [-0.39, 0.29) is 5.75 Å². The van der Waals surface area contributed by atoms with Gasteiger partial charge in [0.25, 0.3) is 0 Å². The molecule has 1 aliphatic heterocycles. The quantitative estimate of drug-likeness (QED) is 0.848. The smallest absolute Gasteiger partial charge is 0.405 e. The van der Waals surface area contributed by atoms with Crippen molar-refractivity contribution in [3.8, 4) is 5.75 Å². The van der Waals surface area contributed by atoms with Crippen LogP contribution in [-0.4, -0.2) is 42.5 Å². The minimum atomic E-state index is -4.73. The van der Waals surface area contributed by atoms with E-state index in [0.717, 1.165) is 43.5 Å². The highest BCUT2D eigenvalue weighted by Crippen LogP contribution is 2.36. The van der Waals surface area contributed by atoms with Crippen molar-refractivity contribution in [3.05, 3.63) is 36.7 Å². The van der Waals surface area contributed by atoms with E-state index in [0.29, 0.717) is 16.0 Å². The van der Waals surface area contributed by atoms with E-state index in [1.54, 1.807) is 24.5 Å². The Hall–Kier alpha value is -2.00. The van der Waals surface area contributed by atoms with Crippen LogP contribution in [0.3, 0.4) is 0 Å². The molecule has 0 radical (unpaired) electrons. The number of anilines is 1. The number of para-hydroxylation sites is 1. The third kappa shape index (κ3) is 5.01. The highest BCUT2D eigenvalue weighted by molar-refractivity contribution is 7.99. The van der Waals surface area contributed by atoms with Gasteiger partial charge in [0.1, 0.15) is 16.6 Å². The number of ether oxygens (including phenoxy) is 1. The molecule has 2 aromatic rings. The minimum Gasteiger partial charge on any atom is -0.405 e. The number of halogens is 3. The van der Waals surface area contributed by atoms with Crippen LogP contribution in [0.25, 0.3) is 0 Å². The van der Waals surface area contributed by atoms with E-state index in [1.807, 2.05) is 7.05 Å². The molecule has 140 valence electrons. The lowest BCUT2D eigenvalue weighted by molar-refractivity contribution is -0.275. The van der Waals surface area contributed by atoms with Crippen molar-refractivity contribution < 1.29 is 17.9 Å². The highest BCUT2D eigenvalue weighted by atomic mass is 32.2. The Labute approximate surface area is 154 Å². The number of aromatic nitrogens is 2. The molecule has 1 N–H and O–H groups in total. The van der Waals surface area contributed by atoms with Crippen molar-refractivity contribution in [3.63, 3.8) is 0 Å². The highest BCUT2D eigenvalue weighted by Gasteiger charge is 2.32. The third-order valence-electron chi connectivity index (χ3n) is 4.13. The molecule has 1 aliphatic rings. The summed E-state index contributed by atoms with van der Waals surface area (Å²) in [5.74, 6) is 0.536. The van der Waals surface area contributed by atoms with E-state index in [9.17, 15) is 13.2 Å². The van der Waals surface area contributed by atoms with Gasteiger partial charge in [-0.1, -0.05) is 23.9 Å². The van der Waals surface area contributed by atoms with Crippen molar-refractivity contribution in [2.45, 2.75) is 35.2 Å². The number of benzene rings is 1. The third-order valence-corrected chi connectivity index (χ3v) is 5.11. The van der Waals surface area contributed by atoms with Crippen LogP contribution in [0.15, 0.2) is 46.6 Å². The van der Waals surface area contributed by atoms with Crippen LogP contribution in [-0.2, 0) is 0 Å². The summed E-state index contributed by atoms with van der Waals surface area (Å²) >= 11 is 1.09. The number of nitrogens with zero attached hydrogens (tertiary/aromatic N) is 3. The second kappa shape index (κ2) is 8.13. The van der Waals surface area contributed by atoms with E-state index in [1.165, 1.54) is 12.1 Å². The molecule has 5 nitrogen and oxygen atoms in total. The summed E-state index contributed by atoms with van der Waals surface area (Å²) < 4.78 is 41.6. The average molecular weight is 384 g/mol. The zero-order valence-corrected chi connectivity index (χ0v) is 15.0. The van der Waals surface area contributed by atoms with Crippen LogP contribution >= 0.6 is 11.8 Å². The van der Waals surface area contributed by atoms with Gasteiger partial charge in [-0.25, -0.2) is 9.97 Å². The molecule has 0 unspecified atom stereocenters. The van der Waals surface area contributed by atoms with Crippen LogP contribution in [0.4, 0.5) is 19.0 Å². The van der Waals surface area contributed by atoms with Crippen molar-refractivity contribution in [1.82, 2.24) is 15.3 Å². The first-order valence-electron chi connectivity index (χ1n) is 8.21. The number of rotatable bonds is 5. The Morgan fingerprint density at radius 3 is 2.50 bits per heavy atom. The Bertz CT molecular complexity index is 719. The van der Waals surface area contributed by atoms with E-state index in [2.05, 4.69) is 24.9 Å². The maximum atomic E-state index is 12.5. The SMILES string of the molecule is CNC1CCN(c2cnc(Sc3ccccc3OC(F)(F)F)cn2)CC1. The van der Waals surface area contributed by atoms with Gasteiger partial charge < -0.3 is 15.0 Å². The first-order chi connectivity index (χ1) is 12.4. The fraction of sp³-hybridized carbons (Fsp3) is 0.412. The number of hydrogen-bond acceptors (Lipinski definition) is 6. The Kier molecular flexibility index (Phi) is 5.87. The summed E-state index contributed by atoms with van der Waals surface area (Å²) in [6.07, 6.45) is 0.586. The zero-order chi connectivity index (χ0) is 18.6. The van der Waals surface area contributed by atoms with Gasteiger partial charge in [-0.15, -0.1) is 13.2 Å². The molecular formula is C17H19F3N4OS. The maximum absolute atomic E-state index is 12.5. The predicted molar refractivity (Wildman–Crippen MR) is 93.6 cm³/mol. The van der Waals surface area contributed by atoms with Crippen molar-refractivity contribution in [2.24, 2.45) is 0 Å². The van der Waals surface area contributed by atoms with E-state index < -0.39 is 6.36 Å². The molecule has 2 heterocycles. The van der Waals surface area contributed by atoms with Gasteiger partial charge in [-0.3, -0.25) is 0 Å². The molecule has 0 saturated carbocycles. The van der Waals surface area contributed by atoms with Crippen LogP contribution in [0, 0.1) is 0 Å². The topological polar surface area (TPSA) is 50.3 Å². The molecule has 0 atom stereocenters. The maximum Gasteiger partial charge on any atom is 0.573 e. The molecule has 0 aliphatic carbocycles. The molecular weight excluding hydrogens is 365 g/mol. The molecule has 1 aromatic carbocycles. The molecule has 9 heteroatoms. The first kappa shape index (κ1) is 18.8. The van der Waals surface area contributed by atoms with Gasteiger partial charge in [0.15, 0.2) is 0 Å². The first-order valence-corrected chi connectivity index (χ1v) is 9.03. The predicted octanol–water partition coefficient (Wildman–Crippen LogP) is 3.71. The van der Waals surface area contributed by atoms with Crippen molar-refractivity contribution in [1.29, 1.82) is 0 Å². The Morgan fingerprint density at radius 1 is 1.15 bits per heavy atom. The zero-order valence-electron chi connectivity index (χ0n) is 14.2. The Morgan fingerprint density at radius 2 is 1.88 bits per heavy atom. The van der Waals surface area contributed by atoms with E-state index in [4.69, 9.17) is 0 Å². The van der Waals surface area contributed by atoms with E-state index >= 15 is 0 Å². The lowest BCUT2D eigenvalue weighted by Crippen LogP contribution is -2.41. The number of hydrogen-bond donors (Lipinski definition) is 1. The molecule has 1 saturated heterocycles. The van der Waals surface area contributed by atoms with Gasteiger partial charge >= 0.3 is 6.36 Å². The van der Waals surface area contributed by atoms with Crippen LogP contribution in [0.5, 0.6) is 5.75 Å². The molecule has 1 aromatic heterocycles. The summed E-state index contributed by atoms with van der Waals surface area (Å²) in [7, 11) is 1.96. The van der Waals surface area contributed by atoms with Crippen LogP contribution < -0.4 is 15.0 Å². The van der Waals surface area contributed by atoms with Gasteiger partial charge in [0.2, 0.25) is 0 Å². The lowest BCUT2D eigenvalue weighted by Gasteiger charge is -2.32. The Balaban J connectivity index is 1.67. The number of nitrogens with one attached hydrogen (secondary N) is 1. The lowest BCUT2D eigenvalue weighted by atomic mass is 10.1. The minimum absolute atomic E-state index is 0.245. The molecule has 1 fully saturated rings. The summed E-state index contributed by atoms with van der Waals surface area (Å²) in [6.45, 7) is 1.80. The van der Waals surface area contributed by atoms with Gasteiger partial charge in [-0.05, 0) is 32.0 Å². The summed E-state index contributed by atoms with van der Waals surface area (Å²) in [5.41, 5.74) is 0. The summed E-state index contributed by atoms with van der Waals surface area (Å²) in [5, 5.41) is 3.79. The molecule has 0 amide bonds. The normalized spacial score (nSPS) is 15.9. The summed E-state index contributed by atoms with van der Waals surface area (Å²) in [6, 6.07) is 6.51. The largest absolute Gasteiger partial charge is 0.573 e. The second-order valence-corrected chi connectivity index (χ2v) is 6.92. The number of alkyl halides is 3. The van der Waals surface area contributed by atoms with Crippen LogP contribution in [0.2, 0.25) is 0 Å². The van der Waals surface area contributed by atoms with Gasteiger partial charge in [0, 0.05) is 19.1 Å². The van der Waals surface area contributed by atoms with Crippen molar-refractivity contribution >= 4 is 17.6 Å². The average Bonchev–Trinajstić information content (AvgIpc) is 2.63. The molecule has 0 spiro atoms. The van der Waals surface area contributed by atoms with Gasteiger partial charge in [0.05, 0.1) is 17.3 Å². The van der Waals surface area contributed by atoms with Crippen LogP contribution in [0.1, 0.15) is 12.8 Å². The van der Waals surface area contributed by atoms with Gasteiger partial charge in [-0.2, -0.15) is 0 Å². The summed E-state index contributed by atoms with van der Waals surface area (Å²) in [4.78, 5) is 11.2. The standard InChI is InChI=1S/C17H19F3N4OS/c1-21-12-6-8-24(9-7-12)15-10-23-16(11-22-15)26-14-5-3-2-4-13(14)25-17(18,19)20/h2-5,10-12,21H,6-9H2,1H3. The monoisotopic (exact) mass is 384 g/mol. The molecule has 0 bridgehead atoms.